The average Bonchev–Trinajstić information content (AvgIpc) is 3.06. The van der Waals surface area contributed by atoms with E-state index < -0.39 is 18.6 Å². The summed E-state index contributed by atoms with van der Waals surface area (Å²) in [6.45, 7) is -1.37. The summed E-state index contributed by atoms with van der Waals surface area (Å²) in [5, 5.41) is 4.15. The maximum Gasteiger partial charge on any atom is 0.406 e. The van der Waals surface area contributed by atoms with E-state index in [0.29, 0.717) is 22.0 Å². The van der Waals surface area contributed by atoms with E-state index in [4.69, 9.17) is 0 Å². The lowest BCUT2D eigenvalue weighted by molar-refractivity contribution is -0.138. The molecule has 0 unspecified atom stereocenters. The maximum absolute atomic E-state index is 12.6. The zero-order valence-electron chi connectivity index (χ0n) is 13.8. The summed E-state index contributed by atoms with van der Waals surface area (Å²) in [5.41, 5.74) is 1.35. The van der Waals surface area contributed by atoms with Crippen LogP contribution in [-0.4, -0.2) is 45.3 Å². The minimum absolute atomic E-state index is 0.292. The second-order valence-corrected chi connectivity index (χ2v) is 5.65. The Balaban J connectivity index is 2.03. The molecule has 8 heteroatoms. The highest BCUT2D eigenvalue weighted by molar-refractivity contribution is 5.91. The van der Waals surface area contributed by atoms with Crippen LogP contribution in [-0.2, 0) is 0 Å². The number of benzene rings is 2. The summed E-state index contributed by atoms with van der Waals surface area (Å²) < 4.78 is 39.1. The normalized spacial score (nSPS) is 11.4. The van der Waals surface area contributed by atoms with Crippen LogP contribution < -0.4 is 0 Å². The number of carbonyl (C=O) groups is 1. The minimum atomic E-state index is -4.49. The van der Waals surface area contributed by atoms with Crippen molar-refractivity contribution in [1.82, 2.24) is 19.7 Å². The molecule has 26 heavy (non-hydrogen) atoms. The number of carbonyl (C=O) groups excluding carboxylic acids is 1. The molecule has 1 aromatic heterocycles. The summed E-state index contributed by atoms with van der Waals surface area (Å²) in [5.74, 6) is -0.811. The second-order valence-electron chi connectivity index (χ2n) is 5.65. The van der Waals surface area contributed by atoms with Gasteiger partial charge >= 0.3 is 6.18 Å². The van der Waals surface area contributed by atoms with Gasteiger partial charge < -0.3 is 4.90 Å². The molecule has 1 amide bonds. The van der Waals surface area contributed by atoms with Crippen LogP contribution >= 0.6 is 0 Å². The van der Waals surface area contributed by atoms with E-state index in [2.05, 4.69) is 10.1 Å². The Hall–Kier alpha value is -3.16. The van der Waals surface area contributed by atoms with E-state index in [0.717, 1.165) is 7.05 Å². The van der Waals surface area contributed by atoms with Gasteiger partial charge in [0.25, 0.3) is 5.91 Å². The zero-order chi connectivity index (χ0) is 18.7. The lowest BCUT2D eigenvalue weighted by atomic mass is 10.2. The van der Waals surface area contributed by atoms with E-state index >= 15 is 0 Å². The van der Waals surface area contributed by atoms with Crippen molar-refractivity contribution in [3.8, 4) is 17.1 Å². The van der Waals surface area contributed by atoms with Crippen molar-refractivity contribution in [3.63, 3.8) is 0 Å². The van der Waals surface area contributed by atoms with Gasteiger partial charge in [0.15, 0.2) is 5.82 Å². The van der Waals surface area contributed by atoms with Crippen LogP contribution in [0.25, 0.3) is 17.1 Å². The SMILES string of the molecule is CN(CC(F)(F)F)C(=O)c1nc(-c2ccccc2)n(-c2ccccc2)n1. The third-order valence-corrected chi connectivity index (χ3v) is 3.59. The molecule has 0 aliphatic carbocycles. The van der Waals surface area contributed by atoms with Gasteiger partial charge in [-0.3, -0.25) is 4.79 Å². The number of nitrogens with zero attached hydrogens (tertiary/aromatic N) is 4. The molecule has 3 rings (SSSR count). The van der Waals surface area contributed by atoms with Crippen molar-refractivity contribution in [2.75, 3.05) is 13.6 Å². The Bertz CT molecular complexity index is 835. The van der Waals surface area contributed by atoms with Crippen molar-refractivity contribution < 1.29 is 18.0 Å². The molecule has 1 heterocycles. The molecule has 0 saturated heterocycles. The summed E-state index contributed by atoms with van der Waals surface area (Å²) in [6.07, 6.45) is -4.49. The molecule has 3 aromatic rings. The van der Waals surface area contributed by atoms with Crippen LogP contribution in [0.1, 0.15) is 10.6 Å². The third-order valence-electron chi connectivity index (χ3n) is 3.59. The Labute approximate surface area is 147 Å². The van der Waals surface area contributed by atoms with Crippen LogP contribution in [0.15, 0.2) is 60.7 Å². The molecule has 0 bridgehead atoms. The number of hydrogen-bond acceptors (Lipinski definition) is 3. The fourth-order valence-electron chi connectivity index (χ4n) is 2.44. The number of hydrogen-bond donors (Lipinski definition) is 0. The number of halogens is 3. The number of rotatable bonds is 4. The Morgan fingerprint density at radius 2 is 1.62 bits per heavy atom. The van der Waals surface area contributed by atoms with Crippen molar-refractivity contribution in [3.05, 3.63) is 66.5 Å². The predicted molar refractivity (Wildman–Crippen MR) is 89.8 cm³/mol. The van der Waals surface area contributed by atoms with E-state index in [1.165, 1.54) is 4.68 Å². The van der Waals surface area contributed by atoms with E-state index in [-0.39, 0.29) is 5.82 Å². The molecule has 0 saturated carbocycles. The average molecular weight is 360 g/mol. The maximum atomic E-state index is 12.6. The van der Waals surface area contributed by atoms with E-state index in [1.807, 2.05) is 12.1 Å². The second kappa shape index (κ2) is 6.99. The van der Waals surface area contributed by atoms with E-state index in [1.54, 1.807) is 48.5 Å². The number of aromatic nitrogens is 3. The molecule has 0 atom stereocenters. The van der Waals surface area contributed by atoms with Gasteiger partial charge in [0, 0.05) is 12.6 Å². The molecule has 2 aromatic carbocycles. The molecule has 134 valence electrons. The first-order chi connectivity index (χ1) is 12.3. The first-order valence-electron chi connectivity index (χ1n) is 7.75. The third kappa shape index (κ3) is 3.90. The van der Waals surface area contributed by atoms with Crippen LogP contribution in [0, 0.1) is 0 Å². The summed E-state index contributed by atoms with van der Waals surface area (Å²) in [4.78, 5) is 17.1. The first kappa shape index (κ1) is 17.7. The summed E-state index contributed by atoms with van der Waals surface area (Å²) in [7, 11) is 1.07. The predicted octanol–water partition coefficient (Wildman–Crippen LogP) is 3.57. The molecular formula is C18H15F3N4O. The molecule has 0 spiro atoms. The molecule has 0 N–H and O–H groups in total. The van der Waals surface area contributed by atoms with Gasteiger partial charge in [0.05, 0.1) is 5.69 Å². The van der Waals surface area contributed by atoms with Crippen LogP contribution in [0.3, 0.4) is 0 Å². The Morgan fingerprint density at radius 3 is 2.19 bits per heavy atom. The summed E-state index contributed by atoms with van der Waals surface area (Å²) in [6, 6.07) is 18.0. The smallest absolute Gasteiger partial charge is 0.330 e. The molecule has 5 nitrogen and oxygen atoms in total. The monoisotopic (exact) mass is 360 g/mol. The highest BCUT2D eigenvalue weighted by atomic mass is 19.4. The molecule has 0 aliphatic heterocycles. The molecular weight excluding hydrogens is 345 g/mol. The van der Waals surface area contributed by atoms with Crippen LogP contribution in [0.5, 0.6) is 0 Å². The topological polar surface area (TPSA) is 51.0 Å². The number of alkyl halides is 3. The molecule has 0 radical (unpaired) electrons. The fraction of sp³-hybridized carbons (Fsp3) is 0.167. The lowest BCUT2D eigenvalue weighted by Gasteiger charge is -2.16. The van der Waals surface area contributed by atoms with Crippen molar-refractivity contribution in [2.24, 2.45) is 0 Å². The van der Waals surface area contributed by atoms with Gasteiger partial charge in [-0.05, 0) is 12.1 Å². The summed E-state index contributed by atoms with van der Waals surface area (Å²) >= 11 is 0. The minimum Gasteiger partial charge on any atom is -0.330 e. The van der Waals surface area contributed by atoms with Crippen molar-refractivity contribution in [2.45, 2.75) is 6.18 Å². The molecule has 0 fully saturated rings. The number of para-hydroxylation sites is 1. The van der Waals surface area contributed by atoms with Gasteiger partial charge in [-0.15, -0.1) is 5.10 Å². The van der Waals surface area contributed by atoms with Gasteiger partial charge in [-0.2, -0.15) is 13.2 Å². The standard InChI is InChI=1S/C18H15F3N4O/c1-24(12-18(19,20)21)17(26)15-22-16(13-8-4-2-5-9-13)25(23-15)14-10-6-3-7-11-14/h2-11H,12H2,1H3. The Morgan fingerprint density at radius 1 is 1.04 bits per heavy atom. The fourth-order valence-corrected chi connectivity index (χ4v) is 2.44. The van der Waals surface area contributed by atoms with Gasteiger partial charge in [-0.1, -0.05) is 48.5 Å². The lowest BCUT2D eigenvalue weighted by Crippen LogP contribution is -2.36. The zero-order valence-corrected chi connectivity index (χ0v) is 13.8. The Kier molecular flexibility index (Phi) is 4.75. The van der Waals surface area contributed by atoms with Crippen molar-refractivity contribution >= 4 is 5.91 Å². The van der Waals surface area contributed by atoms with Gasteiger partial charge in [0.2, 0.25) is 5.82 Å². The van der Waals surface area contributed by atoms with Crippen molar-refractivity contribution in [1.29, 1.82) is 0 Å². The van der Waals surface area contributed by atoms with E-state index in [9.17, 15) is 18.0 Å². The highest BCUT2D eigenvalue weighted by Crippen LogP contribution is 2.22. The first-order valence-corrected chi connectivity index (χ1v) is 7.75. The van der Waals surface area contributed by atoms with Gasteiger partial charge in [-0.25, -0.2) is 9.67 Å². The van der Waals surface area contributed by atoms with Crippen LogP contribution in [0.2, 0.25) is 0 Å². The quantitative estimate of drug-likeness (QED) is 0.715. The van der Waals surface area contributed by atoms with Crippen LogP contribution in [0.4, 0.5) is 13.2 Å². The van der Waals surface area contributed by atoms with Gasteiger partial charge in [0.1, 0.15) is 6.54 Å². The highest BCUT2D eigenvalue weighted by Gasteiger charge is 2.33. The largest absolute Gasteiger partial charge is 0.406 e. The number of amides is 1. The molecule has 0 aliphatic rings.